The Hall–Kier alpha value is -2.12. The Labute approximate surface area is 157 Å². The summed E-state index contributed by atoms with van der Waals surface area (Å²) in [6.45, 7) is 3.75. The second-order valence-corrected chi connectivity index (χ2v) is 7.67. The average Bonchev–Trinajstić information content (AvgIpc) is 3.35. The number of rotatable bonds is 6. The lowest BCUT2D eigenvalue weighted by molar-refractivity contribution is 0.0953. The Bertz CT molecular complexity index is 882. The number of nitrogens with zero attached hydrogens (tertiary/aromatic N) is 5. The Balaban J connectivity index is 1.59. The third-order valence-electron chi connectivity index (χ3n) is 4.54. The molecule has 1 aromatic carbocycles. The lowest BCUT2D eigenvalue weighted by Gasteiger charge is -2.14. The molecule has 1 atom stereocenters. The highest BCUT2D eigenvalue weighted by Gasteiger charge is 2.22. The molecule has 4 rings (SSSR count). The molecule has 1 aliphatic rings. The van der Waals surface area contributed by atoms with Gasteiger partial charge in [-0.25, -0.2) is 0 Å². The van der Waals surface area contributed by atoms with E-state index >= 15 is 0 Å². The highest BCUT2D eigenvalue weighted by molar-refractivity contribution is 7.98. The number of benzene rings is 1. The van der Waals surface area contributed by atoms with Crippen LogP contribution in [0, 0.1) is 6.92 Å². The molecular weight excluding hydrogens is 346 g/mol. The van der Waals surface area contributed by atoms with Crippen molar-refractivity contribution in [2.24, 2.45) is 7.05 Å². The maximum Gasteiger partial charge on any atom is 0.191 e. The molecule has 26 heavy (non-hydrogen) atoms. The highest BCUT2D eigenvalue weighted by Crippen LogP contribution is 2.28. The first kappa shape index (κ1) is 17.3. The molecule has 0 radical (unpaired) electrons. The molecule has 3 aromatic rings. The van der Waals surface area contributed by atoms with E-state index in [1.165, 1.54) is 11.1 Å². The summed E-state index contributed by atoms with van der Waals surface area (Å²) in [5.74, 6) is 1.73. The maximum atomic E-state index is 5.85. The van der Waals surface area contributed by atoms with Gasteiger partial charge in [-0.3, -0.25) is 9.25 Å². The Kier molecular flexibility index (Phi) is 5.08. The summed E-state index contributed by atoms with van der Waals surface area (Å²) in [5, 5.41) is 14.1. The zero-order valence-electron chi connectivity index (χ0n) is 15.1. The van der Waals surface area contributed by atoms with E-state index in [1.54, 1.807) is 16.4 Å². The molecular formula is C19H23N5OS. The van der Waals surface area contributed by atoms with Crippen molar-refractivity contribution in [3.8, 4) is 11.4 Å². The number of thioether (sulfide) groups is 1. The van der Waals surface area contributed by atoms with E-state index in [0.29, 0.717) is 0 Å². The van der Waals surface area contributed by atoms with E-state index in [1.807, 2.05) is 19.4 Å². The quantitative estimate of drug-likeness (QED) is 0.623. The van der Waals surface area contributed by atoms with E-state index < -0.39 is 0 Å². The molecule has 6 nitrogen and oxygen atoms in total. The van der Waals surface area contributed by atoms with Crippen LogP contribution in [-0.2, 0) is 24.1 Å². The van der Waals surface area contributed by atoms with Crippen molar-refractivity contribution in [1.82, 2.24) is 24.5 Å². The van der Waals surface area contributed by atoms with Gasteiger partial charge < -0.3 is 4.74 Å². The third-order valence-corrected chi connectivity index (χ3v) is 5.58. The van der Waals surface area contributed by atoms with Gasteiger partial charge in [0.1, 0.15) is 0 Å². The number of hydrogen-bond acceptors (Lipinski definition) is 5. The SMILES string of the molecule is Cc1cccc(CSc2nnc(-c3cnn(C)c3)n2C[C@H]2CCCO2)c1. The van der Waals surface area contributed by atoms with Crippen LogP contribution in [0.15, 0.2) is 41.8 Å². The van der Waals surface area contributed by atoms with Gasteiger partial charge in [-0.15, -0.1) is 10.2 Å². The fourth-order valence-corrected chi connectivity index (χ4v) is 4.14. The van der Waals surface area contributed by atoms with Crippen LogP contribution in [0.1, 0.15) is 24.0 Å². The second-order valence-electron chi connectivity index (χ2n) is 6.73. The summed E-state index contributed by atoms with van der Waals surface area (Å²) in [6, 6.07) is 8.59. The Morgan fingerprint density at radius 3 is 2.96 bits per heavy atom. The molecule has 3 heterocycles. The van der Waals surface area contributed by atoms with Crippen molar-refractivity contribution < 1.29 is 4.74 Å². The molecule has 0 saturated carbocycles. The minimum Gasteiger partial charge on any atom is -0.376 e. The van der Waals surface area contributed by atoms with Gasteiger partial charge in [-0.2, -0.15) is 5.10 Å². The van der Waals surface area contributed by atoms with Gasteiger partial charge in [0.25, 0.3) is 0 Å². The summed E-state index contributed by atoms with van der Waals surface area (Å²) in [4.78, 5) is 0. The molecule has 136 valence electrons. The lowest BCUT2D eigenvalue weighted by atomic mass is 10.2. The Morgan fingerprint density at radius 1 is 1.31 bits per heavy atom. The van der Waals surface area contributed by atoms with Gasteiger partial charge in [-0.1, -0.05) is 41.6 Å². The van der Waals surface area contributed by atoms with Crippen LogP contribution in [0.25, 0.3) is 11.4 Å². The minimum absolute atomic E-state index is 0.236. The van der Waals surface area contributed by atoms with Crippen molar-refractivity contribution >= 4 is 11.8 Å². The summed E-state index contributed by atoms with van der Waals surface area (Å²) in [5.41, 5.74) is 3.56. The highest BCUT2D eigenvalue weighted by atomic mass is 32.2. The minimum atomic E-state index is 0.236. The predicted octanol–water partition coefficient (Wildman–Crippen LogP) is 3.46. The van der Waals surface area contributed by atoms with Crippen LogP contribution >= 0.6 is 11.8 Å². The number of aromatic nitrogens is 5. The summed E-state index contributed by atoms with van der Waals surface area (Å²) < 4.78 is 9.83. The van der Waals surface area contributed by atoms with Crippen LogP contribution in [0.5, 0.6) is 0 Å². The fourth-order valence-electron chi connectivity index (χ4n) is 3.25. The monoisotopic (exact) mass is 369 g/mol. The third kappa shape index (κ3) is 3.83. The summed E-state index contributed by atoms with van der Waals surface area (Å²) in [7, 11) is 1.91. The second kappa shape index (κ2) is 7.63. The average molecular weight is 369 g/mol. The first-order chi connectivity index (χ1) is 12.7. The van der Waals surface area contributed by atoms with Crippen LogP contribution in [0.2, 0.25) is 0 Å². The fraction of sp³-hybridized carbons (Fsp3) is 0.421. The number of aryl methyl sites for hydroxylation is 2. The van der Waals surface area contributed by atoms with Gasteiger partial charge in [0.05, 0.1) is 24.4 Å². The Morgan fingerprint density at radius 2 is 2.23 bits per heavy atom. The van der Waals surface area contributed by atoms with Crippen LogP contribution in [0.3, 0.4) is 0 Å². The standard InChI is InChI=1S/C19H23N5OS/c1-14-5-3-6-15(9-14)13-26-19-22-21-18(16-10-20-23(2)11-16)24(19)12-17-7-4-8-25-17/h3,5-6,9-11,17H,4,7-8,12-13H2,1-2H3/t17-/m1/s1. The van der Waals surface area contributed by atoms with Crippen molar-refractivity contribution in [3.05, 3.63) is 47.8 Å². The van der Waals surface area contributed by atoms with E-state index in [0.717, 1.165) is 48.3 Å². The van der Waals surface area contributed by atoms with E-state index in [-0.39, 0.29) is 6.10 Å². The molecule has 0 N–H and O–H groups in total. The van der Waals surface area contributed by atoms with E-state index in [2.05, 4.69) is 51.1 Å². The van der Waals surface area contributed by atoms with E-state index in [9.17, 15) is 0 Å². The van der Waals surface area contributed by atoms with Gasteiger partial charge >= 0.3 is 0 Å². The molecule has 1 saturated heterocycles. The van der Waals surface area contributed by atoms with Crippen LogP contribution in [-0.4, -0.2) is 37.3 Å². The molecule has 1 aliphatic heterocycles. The van der Waals surface area contributed by atoms with Crippen LogP contribution < -0.4 is 0 Å². The summed E-state index contributed by atoms with van der Waals surface area (Å²) in [6.07, 6.45) is 6.27. The van der Waals surface area contributed by atoms with Crippen molar-refractivity contribution in [2.45, 2.75) is 43.3 Å². The van der Waals surface area contributed by atoms with Gasteiger partial charge in [0, 0.05) is 25.6 Å². The molecule has 0 unspecified atom stereocenters. The van der Waals surface area contributed by atoms with Crippen LogP contribution in [0.4, 0.5) is 0 Å². The largest absolute Gasteiger partial charge is 0.376 e. The maximum absolute atomic E-state index is 5.85. The van der Waals surface area contributed by atoms with Crippen molar-refractivity contribution in [1.29, 1.82) is 0 Å². The molecule has 1 fully saturated rings. The van der Waals surface area contributed by atoms with Gasteiger partial charge in [0.2, 0.25) is 0 Å². The van der Waals surface area contributed by atoms with Gasteiger partial charge in [0.15, 0.2) is 11.0 Å². The van der Waals surface area contributed by atoms with Gasteiger partial charge in [-0.05, 0) is 25.3 Å². The van der Waals surface area contributed by atoms with Crippen molar-refractivity contribution in [3.63, 3.8) is 0 Å². The topological polar surface area (TPSA) is 57.8 Å². The molecule has 2 aromatic heterocycles. The van der Waals surface area contributed by atoms with E-state index in [4.69, 9.17) is 4.74 Å². The summed E-state index contributed by atoms with van der Waals surface area (Å²) >= 11 is 1.72. The molecule has 7 heteroatoms. The molecule has 0 aliphatic carbocycles. The molecule has 0 spiro atoms. The smallest absolute Gasteiger partial charge is 0.191 e. The lowest BCUT2D eigenvalue weighted by Crippen LogP contribution is -2.16. The first-order valence-corrected chi connectivity index (χ1v) is 9.90. The molecule has 0 amide bonds. The van der Waals surface area contributed by atoms with Crippen molar-refractivity contribution in [2.75, 3.05) is 6.61 Å². The predicted molar refractivity (Wildman–Crippen MR) is 102 cm³/mol. The first-order valence-electron chi connectivity index (χ1n) is 8.91. The number of ether oxygens (including phenoxy) is 1. The zero-order valence-corrected chi connectivity index (χ0v) is 15.9. The zero-order chi connectivity index (χ0) is 17.9. The molecule has 0 bridgehead atoms. The number of hydrogen-bond donors (Lipinski definition) is 0. The normalized spacial score (nSPS) is 17.1.